The maximum absolute atomic E-state index is 12.3. The minimum atomic E-state index is -0.679. The molecule has 31 heavy (non-hydrogen) atoms. The topological polar surface area (TPSA) is 130 Å². The van der Waals surface area contributed by atoms with E-state index in [0.717, 1.165) is 20.1 Å². The summed E-state index contributed by atoms with van der Waals surface area (Å²) in [6.45, 7) is 5.56. The smallest absolute Gasteiger partial charge is 0.302 e. The van der Waals surface area contributed by atoms with Crippen LogP contribution < -0.4 is 4.74 Å². The number of nitrogens with one attached hydrogen (secondary N) is 1. The van der Waals surface area contributed by atoms with Crippen molar-refractivity contribution < 1.29 is 19.6 Å². The zero-order chi connectivity index (χ0) is 22.9. The summed E-state index contributed by atoms with van der Waals surface area (Å²) in [5.74, 6) is -0.327. The van der Waals surface area contributed by atoms with E-state index in [1.165, 1.54) is 18.2 Å². The molecule has 0 unspecified atom stereocenters. The second-order valence-corrected chi connectivity index (χ2v) is 8.71. The Balaban J connectivity index is 1.83. The van der Waals surface area contributed by atoms with Crippen molar-refractivity contribution in [3.63, 3.8) is 0 Å². The first-order valence-corrected chi connectivity index (χ1v) is 10.7. The van der Waals surface area contributed by atoms with Gasteiger partial charge in [0.2, 0.25) is 5.88 Å². The number of non-ortho nitro benzene ring substituents is 1. The molecule has 0 bridgehead atoms. The summed E-state index contributed by atoms with van der Waals surface area (Å²) in [4.78, 5) is 25.3. The first-order chi connectivity index (χ1) is 14.6. The lowest BCUT2D eigenvalue weighted by atomic mass is 10.0. The number of azo groups is 1. The van der Waals surface area contributed by atoms with Crippen molar-refractivity contribution in [1.82, 2.24) is 4.98 Å². The largest absolute Gasteiger partial charge is 0.493 e. The Hall–Kier alpha value is -2.79. The molecule has 0 saturated carbocycles. The first-order valence-electron chi connectivity index (χ1n) is 9.15. The highest BCUT2D eigenvalue weighted by Gasteiger charge is 2.18. The lowest BCUT2D eigenvalue weighted by Crippen LogP contribution is -2.10. The maximum Gasteiger partial charge on any atom is 0.302 e. The van der Waals surface area contributed by atoms with Crippen molar-refractivity contribution in [2.24, 2.45) is 10.2 Å². The molecular weight excluding hydrogens is 536 g/mol. The number of ether oxygens (including phenoxy) is 1. The van der Waals surface area contributed by atoms with Crippen LogP contribution in [0.4, 0.5) is 11.4 Å². The summed E-state index contributed by atoms with van der Waals surface area (Å²) in [6, 6.07) is 5.93. The monoisotopic (exact) mass is 552 g/mol. The molecule has 1 heterocycles. The Bertz CT molecular complexity index is 1220. The third-order valence-electron chi connectivity index (χ3n) is 4.60. The van der Waals surface area contributed by atoms with Gasteiger partial charge in [0.1, 0.15) is 5.75 Å². The Morgan fingerprint density at radius 1 is 1.32 bits per heavy atom. The number of amides is 1. The molecule has 3 rings (SSSR count). The second kappa shape index (κ2) is 9.15. The van der Waals surface area contributed by atoms with E-state index in [1.807, 2.05) is 26.8 Å². The fourth-order valence-electron chi connectivity index (χ4n) is 2.92. The molecular formula is C20H18Br2N4O5. The van der Waals surface area contributed by atoms with Crippen molar-refractivity contribution in [3.05, 3.63) is 54.5 Å². The van der Waals surface area contributed by atoms with Crippen LogP contribution in [0, 0.1) is 17.0 Å². The molecule has 2 N–H and O–H groups in total. The summed E-state index contributed by atoms with van der Waals surface area (Å²) in [5, 5.41) is 28.7. The maximum atomic E-state index is 12.3. The zero-order valence-electron chi connectivity index (χ0n) is 16.8. The van der Waals surface area contributed by atoms with Gasteiger partial charge in [0.25, 0.3) is 5.69 Å². The number of aromatic hydroxyl groups is 1. The molecule has 0 spiro atoms. The van der Waals surface area contributed by atoms with Gasteiger partial charge in [-0.1, -0.05) is 29.8 Å². The molecule has 0 atom stereocenters. The van der Waals surface area contributed by atoms with Crippen LogP contribution in [0.1, 0.15) is 30.9 Å². The van der Waals surface area contributed by atoms with Gasteiger partial charge in [0, 0.05) is 22.0 Å². The molecule has 0 fully saturated rings. The molecule has 0 aliphatic carbocycles. The standard InChI is InChI=1S/C20H18Br2N4O5/c1-9(2)12-7-14(21)10(3)17(22)19(12)31-8-16(27)24-25-18-13-6-11(26(29)30)4-5-15(13)23-20(18)28/h4-7,9,23,28H,8H2,1-3H3. The summed E-state index contributed by atoms with van der Waals surface area (Å²) < 4.78 is 7.39. The average molecular weight is 554 g/mol. The van der Waals surface area contributed by atoms with Crippen LogP contribution in [0.25, 0.3) is 10.9 Å². The number of fused-ring (bicyclic) bond motifs is 1. The molecule has 1 aromatic heterocycles. The Morgan fingerprint density at radius 3 is 2.68 bits per heavy atom. The fraction of sp³-hybridized carbons (Fsp3) is 0.250. The van der Waals surface area contributed by atoms with E-state index >= 15 is 0 Å². The summed E-state index contributed by atoms with van der Waals surface area (Å²) in [7, 11) is 0. The molecule has 0 aliphatic rings. The van der Waals surface area contributed by atoms with Crippen molar-refractivity contribution >= 4 is 60.0 Å². The summed E-state index contributed by atoms with van der Waals surface area (Å²) in [6.07, 6.45) is 0. The van der Waals surface area contributed by atoms with Gasteiger partial charge in [0.05, 0.1) is 14.9 Å². The lowest BCUT2D eigenvalue weighted by Gasteiger charge is -2.17. The number of nitro groups is 1. The van der Waals surface area contributed by atoms with Crippen LogP contribution in [0.3, 0.4) is 0 Å². The van der Waals surface area contributed by atoms with Crippen LogP contribution in [0.5, 0.6) is 11.6 Å². The highest BCUT2D eigenvalue weighted by molar-refractivity contribution is 9.11. The van der Waals surface area contributed by atoms with E-state index in [4.69, 9.17) is 4.74 Å². The SMILES string of the molecule is Cc1c(Br)cc(C(C)C)c(OCC(=O)N=Nc2c(O)[nH]c3ccc([N+](=O)[O-])cc23)c1Br. The summed E-state index contributed by atoms with van der Waals surface area (Å²) in [5.41, 5.74) is 2.04. The Morgan fingerprint density at radius 2 is 2.03 bits per heavy atom. The number of rotatable bonds is 6. The number of hydrogen-bond donors (Lipinski definition) is 2. The molecule has 0 saturated heterocycles. The number of nitrogens with zero attached hydrogens (tertiary/aromatic N) is 3. The van der Waals surface area contributed by atoms with Crippen LogP contribution in [-0.2, 0) is 4.79 Å². The van der Waals surface area contributed by atoms with Gasteiger partial charge < -0.3 is 14.8 Å². The Kier molecular flexibility index (Phi) is 6.75. The summed E-state index contributed by atoms with van der Waals surface area (Å²) >= 11 is 7.03. The lowest BCUT2D eigenvalue weighted by molar-refractivity contribution is -0.384. The van der Waals surface area contributed by atoms with Crippen LogP contribution in [-0.4, -0.2) is 27.5 Å². The van der Waals surface area contributed by atoms with Crippen LogP contribution in [0.2, 0.25) is 0 Å². The number of benzene rings is 2. The van der Waals surface area contributed by atoms with Gasteiger partial charge in [-0.2, -0.15) is 0 Å². The van der Waals surface area contributed by atoms with Crippen molar-refractivity contribution in [3.8, 4) is 11.6 Å². The third kappa shape index (κ3) is 4.77. The van der Waals surface area contributed by atoms with E-state index in [-0.39, 0.29) is 35.2 Å². The molecule has 9 nitrogen and oxygen atoms in total. The van der Waals surface area contributed by atoms with E-state index in [1.54, 1.807) is 0 Å². The zero-order valence-corrected chi connectivity index (χ0v) is 19.9. The van der Waals surface area contributed by atoms with E-state index in [0.29, 0.717) is 11.3 Å². The molecule has 0 radical (unpaired) electrons. The highest BCUT2D eigenvalue weighted by Crippen LogP contribution is 2.40. The van der Waals surface area contributed by atoms with Crippen molar-refractivity contribution in [2.45, 2.75) is 26.7 Å². The van der Waals surface area contributed by atoms with Gasteiger partial charge in [-0.05, 0) is 52.0 Å². The average Bonchev–Trinajstić information content (AvgIpc) is 3.03. The molecule has 2 aromatic carbocycles. The predicted octanol–water partition coefficient (Wildman–Crippen LogP) is 6.43. The molecule has 162 valence electrons. The Labute approximate surface area is 193 Å². The van der Waals surface area contributed by atoms with E-state index in [9.17, 15) is 20.0 Å². The normalized spacial score (nSPS) is 11.5. The van der Waals surface area contributed by atoms with Gasteiger partial charge in [0.15, 0.2) is 12.3 Å². The minimum Gasteiger partial charge on any atom is -0.493 e. The molecule has 1 amide bonds. The number of carbonyl (C=O) groups excluding carboxylic acids is 1. The third-order valence-corrected chi connectivity index (χ3v) is 6.38. The number of H-pyrrole nitrogens is 1. The number of nitro benzene ring substituents is 1. The first kappa shape index (κ1) is 22.9. The number of carbonyl (C=O) groups is 1. The van der Waals surface area contributed by atoms with E-state index < -0.39 is 10.8 Å². The van der Waals surface area contributed by atoms with Crippen LogP contribution in [0.15, 0.2) is 43.4 Å². The number of hydrogen-bond acceptors (Lipinski definition) is 6. The molecule has 11 heteroatoms. The van der Waals surface area contributed by atoms with Crippen LogP contribution >= 0.6 is 31.9 Å². The van der Waals surface area contributed by atoms with E-state index in [2.05, 4.69) is 47.1 Å². The molecule has 0 aliphatic heterocycles. The van der Waals surface area contributed by atoms with Gasteiger partial charge in [-0.25, -0.2) is 0 Å². The number of halogens is 2. The van der Waals surface area contributed by atoms with Gasteiger partial charge in [-0.3, -0.25) is 14.9 Å². The highest BCUT2D eigenvalue weighted by atomic mass is 79.9. The van der Waals surface area contributed by atoms with Gasteiger partial charge >= 0.3 is 5.91 Å². The molecule has 3 aromatic rings. The quantitative estimate of drug-likeness (QED) is 0.206. The predicted molar refractivity (Wildman–Crippen MR) is 122 cm³/mol. The number of aromatic nitrogens is 1. The minimum absolute atomic E-state index is 0.0596. The van der Waals surface area contributed by atoms with Crippen molar-refractivity contribution in [1.29, 1.82) is 0 Å². The fourth-order valence-corrected chi connectivity index (χ4v) is 4.19. The van der Waals surface area contributed by atoms with Crippen molar-refractivity contribution in [2.75, 3.05) is 6.61 Å². The van der Waals surface area contributed by atoms with Gasteiger partial charge in [-0.15, -0.1) is 10.2 Å². The second-order valence-electron chi connectivity index (χ2n) is 7.06. The number of aromatic amines is 1.